The fourth-order valence-electron chi connectivity index (χ4n) is 4.54. The van der Waals surface area contributed by atoms with Gasteiger partial charge in [0.05, 0.1) is 29.7 Å². The molecule has 0 amide bonds. The van der Waals surface area contributed by atoms with Crippen LogP contribution in [-0.2, 0) is 40.5 Å². The molecule has 0 saturated carbocycles. The summed E-state index contributed by atoms with van der Waals surface area (Å²) in [5.74, 6) is 0.254. The molecule has 0 atom stereocenters. The molecule has 22 heteroatoms. The third-order valence-electron chi connectivity index (χ3n) is 6.89. The van der Waals surface area contributed by atoms with E-state index in [1.54, 1.807) is 26.0 Å². The van der Waals surface area contributed by atoms with Gasteiger partial charge in [0, 0.05) is 17.2 Å². The number of nitrogens with zero attached hydrogens (tertiary/aromatic N) is 4. The van der Waals surface area contributed by atoms with E-state index in [2.05, 4.69) is 20.5 Å². The topological polar surface area (TPSA) is 285 Å². The van der Waals surface area contributed by atoms with Crippen LogP contribution in [0, 0.1) is 13.8 Å². The minimum Gasteiger partial charge on any atom is -0.496 e. The first-order valence-electron chi connectivity index (χ1n) is 13.4. The summed E-state index contributed by atoms with van der Waals surface area (Å²) >= 11 is 0. The first-order chi connectivity index (χ1) is 23.1. The van der Waals surface area contributed by atoms with Gasteiger partial charge in [-0.3, -0.25) is 18.2 Å². The van der Waals surface area contributed by atoms with Crippen LogP contribution in [0.5, 0.6) is 11.5 Å². The van der Waals surface area contributed by atoms with Crippen molar-refractivity contribution in [3.8, 4) is 22.6 Å². The Balaban J connectivity index is 1.90. The van der Waals surface area contributed by atoms with Gasteiger partial charge >= 0.3 is 0 Å². The van der Waals surface area contributed by atoms with Crippen LogP contribution in [0.25, 0.3) is 11.1 Å². The second-order valence-electron chi connectivity index (χ2n) is 10.2. The van der Waals surface area contributed by atoms with Gasteiger partial charge in [0.15, 0.2) is 0 Å². The van der Waals surface area contributed by atoms with Crippen molar-refractivity contribution in [2.75, 3.05) is 14.2 Å². The number of azo groups is 2. The zero-order valence-electron chi connectivity index (χ0n) is 26.1. The maximum absolute atomic E-state index is 12.0. The summed E-state index contributed by atoms with van der Waals surface area (Å²) in [4.78, 5) is -3.29. The van der Waals surface area contributed by atoms with E-state index in [1.165, 1.54) is 26.4 Å². The van der Waals surface area contributed by atoms with Crippen LogP contribution in [0.3, 0.4) is 0 Å². The molecule has 0 bridgehead atoms. The van der Waals surface area contributed by atoms with Gasteiger partial charge < -0.3 is 9.47 Å². The summed E-state index contributed by atoms with van der Waals surface area (Å²) in [6.45, 7) is 3.28. The Morgan fingerprint density at radius 1 is 0.500 bits per heavy atom. The second kappa shape index (κ2) is 13.9. The lowest BCUT2D eigenvalue weighted by molar-refractivity contribution is 0.414. The van der Waals surface area contributed by atoms with E-state index in [0.29, 0.717) is 34.4 Å². The van der Waals surface area contributed by atoms with E-state index in [0.717, 1.165) is 24.3 Å². The molecule has 266 valence electrons. The van der Waals surface area contributed by atoms with E-state index < -0.39 is 71.4 Å². The first-order valence-corrected chi connectivity index (χ1v) is 19.2. The Labute approximate surface area is 286 Å². The highest BCUT2D eigenvalue weighted by molar-refractivity contribution is 7.87. The molecule has 0 heterocycles. The van der Waals surface area contributed by atoms with Crippen molar-refractivity contribution in [1.29, 1.82) is 0 Å². The number of methoxy groups -OCH3 is 2. The highest BCUT2D eigenvalue weighted by atomic mass is 32.2. The van der Waals surface area contributed by atoms with E-state index in [-0.39, 0.29) is 22.9 Å². The molecule has 0 aromatic heterocycles. The highest BCUT2D eigenvalue weighted by Crippen LogP contribution is 2.47. The fourth-order valence-corrected chi connectivity index (χ4v) is 6.87. The van der Waals surface area contributed by atoms with Crippen molar-refractivity contribution in [2.24, 2.45) is 20.5 Å². The van der Waals surface area contributed by atoms with Gasteiger partial charge in [-0.05, 0) is 73.5 Å². The van der Waals surface area contributed by atoms with Crippen LogP contribution in [0.2, 0.25) is 0 Å². The Morgan fingerprint density at radius 3 is 1.60 bits per heavy atom. The average Bonchev–Trinajstić information content (AvgIpc) is 3.01. The van der Waals surface area contributed by atoms with E-state index in [9.17, 15) is 51.9 Å². The summed E-state index contributed by atoms with van der Waals surface area (Å²) in [5.41, 5.74) is 0.667. The van der Waals surface area contributed by atoms with Gasteiger partial charge in [0.1, 0.15) is 38.4 Å². The van der Waals surface area contributed by atoms with Crippen molar-refractivity contribution >= 4 is 63.2 Å². The van der Waals surface area contributed by atoms with Gasteiger partial charge in [0.25, 0.3) is 40.5 Å². The predicted octanol–water partition coefficient (Wildman–Crippen LogP) is 5.81. The Bertz CT molecular complexity index is 2530. The van der Waals surface area contributed by atoms with E-state index in [4.69, 9.17) is 9.47 Å². The molecular formula is C28H26N4O14S4. The standard InChI is InChI=1S/C28H26N4O14S4/c1-15-5-9-23(45-3)28(32-31-22-12-17(47(33,34)35)7-10-25(22)49(39,40)41)27(15)19-11-16(2)21(14-24(19)46-4)30-29-20-8-6-18(48(36,37)38)13-26(20)50(42,43)44/h5-14H,1-4H3,(H,33,34,35)(H,36,37,38)(H,39,40,41)(H,42,43,44). The average molecular weight is 771 g/mol. The molecule has 18 nitrogen and oxygen atoms in total. The molecule has 0 aliphatic rings. The maximum atomic E-state index is 12.0. The first kappa shape index (κ1) is 38.1. The molecule has 0 fully saturated rings. The minimum atomic E-state index is -5.02. The Morgan fingerprint density at radius 2 is 1.04 bits per heavy atom. The number of rotatable bonds is 11. The molecular weight excluding hydrogens is 745 g/mol. The molecule has 0 saturated heterocycles. The molecule has 0 aliphatic carbocycles. The SMILES string of the molecule is COc1cc(N=Nc2ccc(S(=O)(=O)O)cc2S(=O)(=O)O)c(C)cc1-c1c(C)ccc(OC)c1N=Nc1cc(S(=O)(=O)O)ccc1S(=O)(=O)O. The maximum Gasteiger partial charge on any atom is 0.296 e. The number of aryl methyl sites for hydroxylation is 2. The Kier molecular flexibility index (Phi) is 10.6. The number of hydrogen-bond donors (Lipinski definition) is 4. The van der Waals surface area contributed by atoms with Crippen molar-refractivity contribution in [1.82, 2.24) is 0 Å². The molecule has 0 radical (unpaired) electrons. The van der Waals surface area contributed by atoms with Crippen LogP contribution in [0.1, 0.15) is 11.1 Å². The lowest BCUT2D eigenvalue weighted by atomic mass is 9.95. The molecule has 0 spiro atoms. The molecule has 4 aromatic carbocycles. The van der Waals surface area contributed by atoms with Gasteiger partial charge in [-0.15, -0.1) is 15.3 Å². The van der Waals surface area contributed by atoms with Gasteiger partial charge in [-0.1, -0.05) is 6.07 Å². The Hall–Kier alpha value is -4.68. The zero-order valence-corrected chi connectivity index (χ0v) is 29.3. The quantitative estimate of drug-likeness (QED) is 0.103. The molecule has 0 unspecified atom stereocenters. The van der Waals surface area contributed by atoms with Crippen molar-refractivity contribution in [3.05, 3.63) is 71.8 Å². The minimum absolute atomic E-state index is 0.00478. The van der Waals surface area contributed by atoms with Crippen LogP contribution >= 0.6 is 0 Å². The molecule has 4 aromatic rings. The fraction of sp³-hybridized carbons (Fsp3) is 0.143. The summed E-state index contributed by atoms with van der Waals surface area (Å²) in [6, 6.07) is 10.6. The van der Waals surface area contributed by atoms with Crippen LogP contribution < -0.4 is 9.47 Å². The van der Waals surface area contributed by atoms with Crippen LogP contribution in [-0.4, -0.2) is 66.1 Å². The van der Waals surface area contributed by atoms with Crippen LogP contribution in [0.15, 0.2) is 101 Å². The van der Waals surface area contributed by atoms with Gasteiger partial charge in [-0.2, -0.15) is 38.8 Å². The number of benzene rings is 4. The monoisotopic (exact) mass is 770 g/mol. The van der Waals surface area contributed by atoms with E-state index in [1.807, 2.05) is 0 Å². The molecule has 4 rings (SSSR count). The van der Waals surface area contributed by atoms with E-state index >= 15 is 0 Å². The van der Waals surface area contributed by atoms with Crippen molar-refractivity contribution in [2.45, 2.75) is 33.4 Å². The van der Waals surface area contributed by atoms with Crippen molar-refractivity contribution in [3.63, 3.8) is 0 Å². The summed E-state index contributed by atoms with van der Waals surface area (Å²) < 4.78 is 144. The predicted molar refractivity (Wildman–Crippen MR) is 175 cm³/mol. The normalized spacial score (nSPS) is 12.9. The third-order valence-corrected chi connectivity index (χ3v) is 10.4. The smallest absolute Gasteiger partial charge is 0.296 e. The summed E-state index contributed by atoms with van der Waals surface area (Å²) in [6.07, 6.45) is 0. The molecule has 0 aliphatic heterocycles. The summed E-state index contributed by atoms with van der Waals surface area (Å²) in [7, 11) is -17.0. The highest BCUT2D eigenvalue weighted by Gasteiger charge is 2.24. The zero-order chi connectivity index (χ0) is 37.4. The lowest BCUT2D eigenvalue weighted by Gasteiger charge is -2.17. The van der Waals surface area contributed by atoms with Crippen molar-refractivity contribution < 1.29 is 61.4 Å². The number of ether oxygens (including phenoxy) is 2. The number of hydrogen-bond acceptors (Lipinski definition) is 14. The third kappa shape index (κ3) is 8.36. The van der Waals surface area contributed by atoms with Gasteiger partial charge in [-0.25, -0.2) is 0 Å². The van der Waals surface area contributed by atoms with Crippen LogP contribution in [0.4, 0.5) is 22.7 Å². The van der Waals surface area contributed by atoms with Gasteiger partial charge in [0.2, 0.25) is 0 Å². The summed E-state index contributed by atoms with van der Waals surface area (Å²) in [5, 5.41) is 15.9. The largest absolute Gasteiger partial charge is 0.496 e. The second-order valence-corrected chi connectivity index (χ2v) is 15.8. The lowest BCUT2D eigenvalue weighted by Crippen LogP contribution is -2.03. The molecule has 50 heavy (non-hydrogen) atoms. The molecule has 4 N–H and O–H groups in total.